The number of aryl methyl sites for hydroxylation is 1. The van der Waals surface area contributed by atoms with Crippen LogP contribution in [0.1, 0.15) is 24.2 Å². The number of fused-ring (bicyclic) bond motifs is 1. The van der Waals surface area contributed by atoms with Crippen LogP contribution < -0.4 is 4.68 Å². The number of hydrogen-bond acceptors (Lipinski definition) is 3. The zero-order valence-electron chi connectivity index (χ0n) is 9.66. The lowest BCUT2D eigenvalue weighted by atomic mass is 10.2. The predicted molar refractivity (Wildman–Crippen MR) is 62.9 cm³/mol. The number of ether oxygens (including phenoxy) is 1. The van der Waals surface area contributed by atoms with Crippen LogP contribution in [-0.2, 0) is 11.3 Å². The van der Waals surface area contributed by atoms with Gasteiger partial charge >= 0.3 is 11.6 Å². The maximum Gasteiger partial charge on any atom is 0.351 e. The molecule has 0 spiro atoms. The Bertz CT molecular complexity index is 565. The highest BCUT2D eigenvalue weighted by molar-refractivity contribution is 6.37. The fourth-order valence-corrected chi connectivity index (χ4v) is 1.90. The van der Waals surface area contributed by atoms with Crippen molar-refractivity contribution in [2.75, 3.05) is 6.61 Å². The van der Waals surface area contributed by atoms with Crippen molar-refractivity contribution < 1.29 is 14.2 Å². The first-order valence-corrected chi connectivity index (χ1v) is 5.79. The summed E-state index contributed by atoms with van der Waals surface area (Å²) in [4.78, 5) is 15.8. The lowest BCUT2D eigenvalue weighted by molar-refractivity contribution is -0.725. The topological polar surface area (TPSA) is 58.9 Å². The second-order valence-electron chi connectivity index (χ2n) is 3.46. The summed E-state index contributed by atoms with van der Waals surface area (Å²) in [6.45, 7) is 4.81. The monoisotopic (exact) mass is 254 g/mol. The summed E-state index contributed by atoms with van der Waals surface area (Å²) in [5, 5.41) is 4.11. The average molecular weight is 255 g/mol. The normalized spacial score (nSPS) is 10.8. The Morgan fingerprint density at radius 3 is 3.00 bits per heavy atom. The minimum Gasteiger partial charge on any atom is -0.462 e. The van der Waals surface area contributed by atoms with Crippen molar-refractivity contribution in [1.82, 2.24) is 10.1 Å². The first kappa shape index (κ1) is 11.9. The molecule has 6 heteroatoms. The first-order valence-electron chi connectivity index (χ1n) is 5.41. The van der Waals surface area contributed by atoms with Crippen LogP contribution in [0, 0.1) is 0 Å². The minimum atomic E-state index is -0.448. The van der Waals surface area contributed by atoms with Gasteiger partial charge in [-0.05, 0) is 18.8 Å². The Morgan fingerprint density at radius 1 is 1.59 bits per heavy atom. The molecule has 0 radical (unpaired) electrons. The second-order valence-corrected chi connectivity index (χ2v) is 3.84. The van der Waals surface area contributed by atoms with Crippen LogP contribution in [-0.4, -0.2) is 22.7 Å². The second kappa shape index (κ2) is 4.71. The lowest BCUT2D eigenvalue weighted by Crippen LogP contribution is -2.34. The maximum absolute atomic E-state index is 11.6. The van der Waals surface area contributed by atoms with Crippen molar-refractivity contribution in [2.45, 2.75) is 20.4 Å². The molecule has 1 N–H and O–H groups in total. The summed E-state index contributed by atoms with van der Waals surface area (Å²) in [6.07, 6.45) is 3.18. The molecule has 0 aliphatic heterocycles. The molecule has 0 aromatic carbocycles. The van der Waals surface area contributed by atoms with E-state index in [9.17, 15) is 4.79 Å². The lowest BCUT2D eigenvalue weighted by Gasteiger charge is -2.01. The maximum atomic E-state index is 11.6. The molecule has 0 unspecified atom stereocenters. The number of aromatic nitrogens is 3. The van der Waals surface area contributed by atoms with Gasteiger partial charge in [0.1, 0.15) is 17.5 Å². The van der Waals surface area contributed by atoms with Gasteiger partial charge in [0.05, 0.1) is 17.8 Å². The molecule has 17 heavy (non-hydrogen) atoms. The number of pyridine rings is 1. The standard InChI is InChI=1S/C11H12ClN3O2/c1-3-15-10-7(6-14-15)9(12)8(5-13-10)11(16)17-4-2/h5-6H,3-4H2,1-2H3/p+1. The third kappa shape index (κ3) is 1.98. The van der Waals surface area contributed by atoms with Crippen molar-refractivity contribution >= 4 is 28.6 Å². The summed E-state index contributed by atoms with van der Waals surface area (Å²) < 4.78 is 6.75. The number of nitrogens with zero attached hydrogens (tertiary/aromatic N) is 2. The van der Waals surface area contributed by atoms with Crippen molar-refractivity contribution in [3.63, 3.8) is 0 Å². The van der Waals surface area contributed by atoms with Gasteiger partial charge in [-0.25, -0.2) is 9.89 Å². The highest BCUT2D eigenvalue weighted by Gasteiger charge is 2.22. The number of esters is 1. The van der Waals surface area contributed by atoms with E-state index < -0.39 is 5.97 Å². The molecule has 0 atom stereocenters. The van der Waals surface area contributed by atoms with Gasteiger partial charge in [0.2, 0.25) is 0 Å². The van der Waals surface area contributed by atoms with Gasteiger partial charge < -0.3 is 4.74 Å². The Balaban J connectivity index is 2.54. The number of nitrogens with one attached hydrogen (secondary N) is 1. The van der Waals surface area contributed by atoms with E-state index in [-0.39, 0.29) is 0 Å². The molecule has 0 aliphatic carbocycles. The third-order valence-electron chi connectivity index (χ3n) is 2.46. The third-order valence-corrected chi connectivity index (χ3v) is 2.87. The highest BCUT2D eigenvalue weighted by Crippen LogP contribution is 2.24. The summed E-state index contributed by atoms with van der Waals surface area (Å²) in [6, 6.07) is 0. The molecule has 0 aliphatic rings. The zero-order valence-corrected chi connectivity index (χ0v) is 10.4. The van der Waals surface area contributed by atoms with Crippen LogP contribution in [0.15, 0.2) is 12.4 Å². The molecule has 90 valence electrons. The van der Waals surface area contributed by atoms with Crippen molar-refractivity contribution in [3.8, 4) is 0 Å². The van der Waals surface area contributed by atoms with Crippen LogP contribution in [0.25, 0.3) is 11.0 Å². The van der Waals surface area contributed by atoms with Crippen molar-refractivity contribution in [1.29, 1.82) is 0 Å². The van der Waals surface area contributed by atoms with Crippen LogP contribution in [0.3, 0.4) is 0 Å². The van der Waals surface area contributed by atoms with Gasteiger partial charge in [0.15, 0.2) is 6.20 Å². The van der Waals surface area contributed by atoms with E-state index in [1.807, 2.05) is 11.6 Å². The smallest absolute Gasteiger partial charge is 0.351 e. The van der Waals surface area contributed by atoms with E-state index in [0.717, 1.165) is 17.6 Å². The number of rotatable bonds is 3. The summed E-state index contributed by atoms with van der Waals surface area (Å²) in [5.41, 5.74) is 1.02. The fraction of sp³-hybridized carbons (Fsp3) is 0.364. The number of aromatic amines is 1. The van der Waals surface area contributed by atoms with Gasteiger partial charge in [-0.2, -0.15) is 4.68 Å². The van der Waals surface area contributed by atoms with Gasteiger partial charge in [0.25, 0.3) is 0 Å². The zero-order chi connectivity index (χ0) is 12.4. The number of carbonyl (C=O) groups is 1. The molecule has 2 rings (SSSR count). The van der Waals surface area contributed by atoms with E-state index in [1.165, 1.54) is 6.20 Å². The van der Waals surface area contributed by atoms with Gasteiger partial charge in [-0.1, -0.05) is 11.6 Å². The SMILES string of the molecule is CCOC(=O)c1cnc2c(c[nH][n+]2CC)c1Cl. The molecular formula is C11H13ClN3O2+. The van der Waals surface area contributed by atoms with Crippen LogP contribution in [0.2, 0.25) is 5.02 Å². The Morgan fingerprint density at radius 2 is 2.35 bits per heavy atom. The molecule has 0 amide bonds. The quantitative estimate of drug-likeness (QED) is 0.670. The number of carbonyl (C=O) groups excluding carboxylic acids is 1. The molecule has 0 saturated carbocycles. The summed E-state index contributed by atoms with van der Waals surface area (Å²) in [5.74, 6) is -0.448. The van der Waals surface area contributed by atoms with Crippen LogP contribution in [0.5, 0.6) is 0 Å². The highest BCUT2D eigenvalue weighted by atomic mass is 35.5. The van der Waals surface area contributed by atoms with Crippen LogP contribution >= 0.6 is 11.6 Å². The average Bonchev–Trinajstić information content (AvgIpc) is 2.73. The van der Waals surface area contributed by atoms with E-state index in [4.69, 9.17) is 16.3 Å². The van der Waals surface area contributed by atoms with E-state index >= 15 is 0 Å². The summed E-state index contributed by atoms with van der Waals surface area (Å²) >= 11 is 6.17. The van der Waals surface area contributed by atoms with Gasteiger partial charge in [0, 0.05) is 0 Å². The molecule has 2 aromatic rings. The largest absolute Gasteiger partial charge is 0.462 e. The molecule has 2 heterocycles. The molecule has 5 nitrogen and oxygen atoms in total. The van der Waals surface area contributed by atoms with Gasteiger partial charge in [-0.15, -0.1) is 0 Å². The fourth-order valence-electron chi connectivity index (χ4n) is 1.63. The van der Waals surface area contributed by atoms with Crippen LogP contribution in [0.4, 0.5) is 0 Å². The van der Waals surface area contributed by atoms with Gasteiger partial charge in [-0.3, -0.25) is 0 Å². The molecule has 0 fully saturated rings. The number of halogens is 1. The number of H-pyrrole nitrogens is 1. The molecular weight excluding hydrogens is 242 g/mol. The van der Waals surface area contributed by atoms with E-state index in [1.54, 1.807) is 13.1 Å². The summed E-state index contributed by atoms with van der Waals surface area (Å²) in [7, 11) is 0. The molecule has 2 aromatic heterocycles. The Hall–Kier alpha value is -1.62. The molecule has 0 saturated heterocycles. The van der Waals surface area contributed by atoms with E-state index in [0.29, 0.717) is 17.2 Å². The predicted octanol–water partition coefficient (Wildman–Crippen LogP) is 1.70. The number of hydrogen-bond donors (Lipinski definition) is 1. The Kier molecular flexibility index (Phi) is 3.28. The van der Waals surface area contributed by atoms with Crippen molar-refractivity contribution in [3.05, 3.63) is 23.0 Å². The van der Waals surface area contributed by atoms with Crippen molar-refractivity contribution in [2.24, 2.45) is 0 Å². The first-order chi connectivity index (χ1) is 8.19. The Labute approximate surface area is 103 Å². The van der Waals surface area contributed by atoms with E-state index in [2.05, 4.69) is 10.1 Å². The minimum absolute atomic E-state index is 0.295. The molecule has 0 bridgehead atoms.